The first-order valence-electron chi connectivity index (χ1n) is 7.12. The molecule has 2 aromatic rings. The number of nitrogens with zero attached hydrogens (tertiary/aromatic N) is 1. The highest BCUT2D eigenvalue weighted by molar-refractivity contribution is 7.99. The Labute approximate surface area is 139 Å². The largest absolute Gasteiger partial charge is 0.392 e. The molecule has 1 aromatic carbocycles. The summed E-state index contributed by atoms with van der Waals surface area (Å²) in [5.74, 6) is 0.695. The fourth-order valence-electron chi connectivity index (χ4n) is 1.72. The van der Waals surface area contributed by atoms with Crippen LogP contribution in [0.3, 0.4) is 0 Å². The van der Waals surface area contributed by atoms with Gasteiger partial charge in [0, 0.05) is 22.1 Å². The summed E-state index contributed by atoms with van der Waals surface area (Å²) in [5.41, 5.74) is 1.76. The van der Waals surface area contributed by atoms with Gasteiger partial charge in [-0.2, -0.15) is 0 Å². The van der Waals surface area contributed by atoms with E-state index in [0.29, 0.717) is 0 Å². The van der Waals surface area contributed by atoms with E-state index < -0.39 is 0 Å². The van der Waals surface area contributed by atoms with Crippen LogP contribution in [0.1, 0.15) is 24.5 Å². The number of carbonyl (C=O) groups excluding carboxylic acids is 1. The van der Waals surface area contributed by atoms with Crippen molar-refractivity contribution in [2.75, 3.05) is 5.32 Å². The molecule has 118 valence electrons. The van der Waals surface area contributed by atoms with Crippen LogP contribution < -0.4 is 5.32 Å². The Kier molecular flexibility index (Phi) is 6.42. The predicted molar refractivity (Wildman–Crippen MR) is 93.3 cm³/mol. The molecule has 1 amide bonds. The van der Waals surface area contributed by atoms with E-state index in [1.54, 1.807) is 18.7 Å². The van der Waals surface area contributed by atoms with Gasteiger partial charge in [-0.1, -0.05) is 25.1 Å². The summed E-state index contributed by atoms with van der Waals surface area (Å²) in [6.07, 6.45) is -0.0457. The second-order valence-electron chi connectivity index (χ2n) is 5.08. The van der Waals surface area contributed by atoms with E-state index in [1.165, 1.54) is 11.3 Å². The van der Waals surface area contributed by atoms with E-state index >= 15 is 0 Å². The summed E-state index contributed by atoms with van der Waals surface area (Å²) in [5, 5.41) is 15.3. The number of anilines is 1. The van der Waals surface area contributed by atoms with Crippen molar-refractivity contribution in [1.29, 1.82) is 0 Å². The van der Waals surface area contributed by atoms with E-state index in [1.807, 2.05) is 42.6 Å². The van der Waals surface area contributed by atoms with Gasteiger partial charge < -0.3 is 10.4 Å². The molecular formula is C16H20N2O2S2. The highest BCUT2D eigenvalue weighted by Crippen LogP contribution is 2.21. The number of rotatable bonds is 7. The zero-order valence-corrected chi connectivity index (χ0v) is 14.3. The van der Waals surface area contributed by atoms with Crippen molar-refractivity contribution >= 4 is 34.7 Å². The van der Waals surface area contributed by atoms with Crippen LogP contribution in [0.4, 0.5) is 5.69 Å². The fourth-order valence-corrected chi connectivity index (χ4v) is 3.47. The third kappa shape index (κ3) is 5.44. The Bertz CT molecular complexity index is 599. The molecule has 1 heterocycles. The molecule has 0 bridgehead atoms. The molecule has 2 N–H and O–H groups in total. The van der Waals surface area contributed by atoms with Gasteiger partial charge in [0.15, 0.2) is 0 Å². The number of aliphatic hydroxyl groups is 1. The molecule has 4 nitrogen and oxygen atoms in total. The third-order valence-corrected chi connectivity index (χ3v) is 5.42. The van der Waals surface area contributed by atoms with Crippen LogP contribution in [0.5, 0.6) is 0 Å². The summed E-state index contributed by atoms with van der Waals surface area (Å²) in [6.45, 7) is 3.79. The summed E-state index contributed by atoms with van der Waals surface area (Å²) in [4.78, 5) is 16.4. The number of aromatic nitrogens is 1. The lowest BCUT2D eigenvalue weighted by Gasteiger charge is -2.12. The molecule has 2 atom stereocenters. The number of hydrogen-bond acceptors (Lipinski definition) is 5. The van der Waals surface area contributed by atoms with Crippen molar-refractivity contribution in [1.82, 2.24) is 4.98 Å². The summed E-state index contributed by atoms with van der Waals surface area (Å²) in [6, 6.07) is 9.41. The second-order valence-corrected chi connectivity index (χ2v) is 7.39. The Hall–Kier alpha value is -1.37. The standard InChI is InChI=1S/C16H20N2O2S2/c1-11(19)12(2)21-9-14-10-22-16(18-14)8-15(20)17-13-6-4-3-5-7-13/h3-7,10-12,19H,8-9H2,1-2H3,(H,17,20)/t11-,12-/m0/s1. The van der Waals surface area contributed by atoms with Crippen LogP contribution in [0, 0.1) is 0 Å². The van der Waals surface area contributed by atoms with E-state index in [-0.39, 0.29) is 23.7 Å². The summed E-state index contributed by atoms with van der Waals surface area (Å²) >= 11 is 3.17. The molecule has 0 saturated heterocycles. The van der Waals surface area contributed by atoms with Crippen molar-refractivity contribution in [3.8, 4) is 0 Å². The average Bonchev–Trinajstić information content (AvgIpc) is 2.93. The topological polar surface area (TPSA) is 62.2 Å². The molecule has 0 aliphatic carbocycles. The molecule has 22 heavy (non-hydrogen) atoms. The summed E-state index contributed by atoms with van der Waals surface area (Å²) in [7, 11) is 0. The number of thiazole rings is 1. The lowest BCUT2D eigenvalue weighted by Crippen LogP contribution is -2.15. The zero-order chi connectivity index (χ0) is 15.9. The molecule has 0 radical (unpaired) electrons. The lowest BCUT2D eigenvalue weighted by atomic mass is 10.3. The number of aliphatic hydroxyl groups excluding tert-OH is 1. The normalized spacial score (nSPS) is 13.6. The van der Waals surface area contributed by atoms with Gasteiger partial charge in [0.25, 0.3) is 0 Å². The number of carbonyl (C=O) groups is 1. The van der Waals surface area contributed by atoms with E-state index in [0.717, 1.165) is 22.1 Å². The van der Waals surface area contributed by atoms with Gasteiger partial charge in [0.1, 0.15) is 5.01 Å². The highest BCUT2D eigenvalue weighted by atomic mass is 32.2. The number of thioether (sulfide) groups is 1. The number of amides is 1. The molecule has 0 aliphatic rings. The van der Waals surface area contributed by atoms with Gasteiger partial charge in [-0.25, -0.2) is 4.98 Å². The van der Waals surface area contributed by atoms with Crippen molar-refractivity contribution < 1.29 is 9.90 Å². The van der Waals surface area contributed by atoms with Crippen LogP contribution >= 0.6 is 23.1 Å². The summed E-state index contributed by atoms with van der Waals surface area (Å²) < 4.78 is 0. The first-order chi connectivity index (χ1) is 10.5. The Morgan fingerprint density at radius 2 is 2.09 bits per heavy atom. The maximum Gasteiger partial charge on any atom is 0.231 e. The minimum atomic E-state index is -0.334. The van der Waals surface area contributed by atoms with Crippen molar-refractivity contribution in [2.24, 2.45) is 0 Å². The van der Waals surface area contributed by atoms with Gasteiger partial charge >= 0.3 is 0 Å². The molecule has 6 heteroatoms. The molecular weight excluding hydrogens is 316 g/mol. The Morgan fingerprint density at radius 1 is 1.36 bits per heavy atom. The van der Waals surface area contributed by atoms with Gasteiger partial charge in [-0.3, -0.25) is 4.79 Å². The first kappa shape index (κ1) is 17.0. The van der Waals surface area contributed by atoms with Gasteiger partial charge in [0.2, 0.25) is 5.91 Å². The molecule has 0 saturated carbocycles. The molecule has 0 spiro atoms. The first-order valence-corrected chi connectivity index (χ1v) is 9.05. The Balaban J connectivity index is 1.82. The van der Waals surface area contributed by atoms with E-state index in [9.17, 15) is 9.90 Å². The lowest BCUT2D eigenvalue weighted by molar-refractivity contribution is -0.115. The van der Waals surface area contributed by atoms with Crippen LogP contribution in [0.15, 0.2) is 35.7 Å². The number of para-hydroxylation sites is 1. The van der Waals surface area contributed by atoms with Crippen molar-refractivity contribution in [3.63, 3.8) is 0 Å². The quantitative estimate of drug-likeness (QED) is 0.814. The highest BCUT2D eigenvalue weighted by Gasteiger charge is 2.12. The van der Waals surface area contributed by atoms with Crippen LogP contribution in [0.25, 0.3) is 0 Å². The smallest absolute Gasteiger partial charge is 0.231 e. The second kappa shape index (κ2) is 8.31. The molecule has 2 rings (SSSR count). The molecule has 0 fully saturated rings. The third-order valence-electron chi connectivity index (χ3n) is 3.14. The Morgan fingerprint density at radius 3 is 2.77 bits per heavy atom. The van der Waals surface area contributed by atoms with Gasteiger partial charge in [-0.15, -0.1) is 23.1 Å². The van der Waals surface area contributed by atoms with Gasteiger partial charge in [-0.05, 0) is 19.1 Å². The predicted octanol–water partition coefficient (Wildman–Crippen LogP) is 3.33. The monoisotopic (exact) mass is 336 g/mol. The minimum Gasteiger partial charge on any atom is -0.392 e. The van der Waals surface area contributed by atoms with Crippen LogP contribution in [0.2, 0.25) is 0 Å². The maximum atomic E-state index is 12.0. The van der Waals surface area contributed by atoms with Crippen molar-refractivity contribution in [2.45, 2.75) is 37.4 Å². The maximum absolute atomic E-state index is 12.0. The SMILES string of the molecule is C[C@H](O)[C@H](C)SCc1csc(CC(=O)Nc2ccccc2)n1. The fraction of sp³-hybridized carbons (Fsp3) is 0.375. The van der Waals surface area contributed by atoms with Crippen LogP contribution in [-0.2, 0) is 17.0 Å². The zero-order valence-electron chi connectivity index (χ0n) is 12.7. The van der Waals surface area contributed by atoms with Gasteiger partial charge in [0.05, 0.1) is 18.2 Å². The van der Waals surface area contributed by atoms with E-state index in [4.69, 9.17) is 0 Å². The number of benzene rings is 1. The number of hydrogen-bond donors (Lipinski definition) is 2. The van der Waals surface area contributed by atoms with Crippen LogP contribution in [-0.4, -0.2) is 27.4 Å². The molecule has 1 aromatic heterocycles. The van der Waals surface area contributed by atoms with Crippen molar-refractivity contribution in [3.05, 3.63) is 46.4 Å². The number of nitrogens with one attached hydrogen (secondary N) is 1. The minimum absolute atomic E-state index is 0.0582. The molecule has 0 unspecified atom stereocenters. The van der Waals surface area contributed by atoms with E-state index in [2.05, 4.69) is 10.3 Å². The molecule has 0 aliphatic heterocycles. The average molecular weight is 336 g/mol.